The minimum Gasteiger partial charge on any atom is -0.334 e. The Morgan fingerprint density at radius 1 is 1.60 bits per heavy atom. The Bertz CT molecular complexity index is 123. The van der Waals surface area contributed by atoms with Crippen molar-refractivity contribution < 1.29 is 9.63 Å². The standard InChI is InChI=1S/C6H12N2O2/c1-10-8-6(9)7-5-3-2-4-5/h5H,2-4H2,1H3,(H2,7,8,9). The first-order valence-corrected chi connectivity index (χ1v) is 3.42. The Morgan fingerprint density at radius 3 is 2.70 bits per heavy atom. The number of amides is 2. The fourth-order valence-corrected chi connectivity index (χ4v) is 0.860. The monoisotopic (exact) mass is 144 g/mol. The summed E-state index contributed by atoms with van der Waals surface area (Å²) >= 11 is 0. The van der Waals surface area contributed by atoms with Crippen molar-refractivity contribution in [3.05, 3.63) is 0 Å². The lowest BCUT2D eigenvalue weighted by atomic mass is 9.93. The molecule has 1 fully saturated rings. The van der Waals surface area contributed by atoms with Crippen LogP contribution < -0.4 is 10.8 Å². The highest BCUT2D eigenvalue weighted by Gasteiger charge is 2.18. The first kappa shape index (κ1) is 7.34. The minimum absolute atomic E-state index is 0.243. The van der Waals surface area contributed by atoms with Gasteiger partial charge in [-0.05, 0) is 19.3 Å². The molecular weight excluding hydrogens is 132 g/mol. The summed E-state index contributed by atoms with van der Waals surface area (Å²) in [6.07, 6.45) is 3.41. The number of carbonyl (C=O) groups is 1. The highest BCUT2D eigenvalue weighted by Crippen LogP contribution is 2.17. The average molecular weight is 144 g/mol. The van der Waals surface area contributed by atoms with Crippen LogP contribution in [0.2, 0.25) is 0 Å². The Labute approximate surface area is 59.9 Å². The van der Waals surface area contributed by atoms with Gasteiger partial charge in [0, 0.05) is 6.04 Å². The van der Waals surface area contributed by atoms with E-state index in [1.165, 1.54) is 13.5 Å². The molecule has 0 aromatic rings. The van der Waals surface area contributed by atoms with Crippen molar-refractivity contribution in [1.82, 2.24) is 10.8 Å². The molecule has 0 saturated heterocycles. The SMILES string of the molecule is CONC(=O)NC1CCC1. The molecule has 0 aromatic carbocycles. The summed E-state index contributed by atoms with van der Waals surface area (Å²) in [7, 11) is 1.42. The van der Waals surface area contributed by atoms with Gasteiger partial charge in [0.15, 0.2) is 0 Å². The molecule has 1 aliphatic carbocycles. The van der Waals surface area contributed by atoms with Gasteiger partial charge < -0.3 is 5.32 Å². The van der Waals surface area contributed by atoms with E-state index in [2.05, 4.69) is 15.6 Å². The fraction of sp³-hybridized carbons (Fsp3) is 0.833. The molecule has 0 unspecified atom stereocenters. The van der Waals surface area contributed by atoms with Gasteiger partial charge in [0.25, 0.3) is 0 Å². The van der Waals surface area contributed by atoms with Gasteiger partial charge in [-0.1, -0.05) is 0 Å². The van der Waals surface area contributed by atoms with E-state index in [0.717, 1.165) is 12.8 Å². The highest BCUT2D eigenvalue weighted by molar-refractivity contribution is 5.73. The van der Waals surface area contributed by atoms with E-state index in [9.17, 15) is 4.79 Å². The van der Waals surface area contributed by atoms with Crippen LogP contribution in [0.3, 0.4) is 0 Å². The predicted octanol–water partition coefficient (Wildman–Crippen LogP) is 0.399. The topological polar surface area (TPSA) is 50.4 Å². The second-order valence-corrected chi connectivity index (χ2v) is 2.41. The van der Waals surface area contributed by atoms with E-state index in [4.69, 9.17) is 0 Å². The van der Waals surface area contributed by atoms with Crippen molar-refractivity contribution in [2.45, 2.75) is 25.3 Å². The molecule has 4 nitrogen and oxygen atoms in total. The van der Waals surface area contributed by atoms with Crippen LogP contribution in [0, 0.1) is 0 Å². The summed E-state index contributed by atoms with van der Waals surface area (Å²) in [5, 5.41) is 2.74. The van der Waals surface area contributed by atoms with Gasteiger partial charge >= 0.3 is 6.03 Å². The quantitative estimate of drug-likeness (QED) is 0.551. The van der Waals surface area contributed by atoms with E-state index in [0.29, 0.717) is 6.04 Å². The van der Waals surface area contributed by atoms with Crippen molar-refractivity contribution in [2.24, 2.45) is 0 Å². The molecule has 0 atom stereocenters. The number of nitrogens with one attached hydrogen (secondary N) is 2. The molecule has 1 rings (SSSR count). The van der Waals surface area contributed by atoms with E-state index in [-0.39, 0.29) is 6.03 Å². The molecule has 0 heterocycles. The zero-order chi connectivity index (χ0) is 7.40. The summed E-state index contributed by atoms with van der Waals surface area (Å²) in [6.45, 7) is 0. The van der Waals surface area contributed by atoms with Gasteiger partial charge in [0.2, 0.25) is 0 Å². The largest absolute Gasteiger partial charge is 0.338 e. The molecule has 58 valence electrons. The van der Waals surface area contributed by atoms with Crippen molar-refractivity contribution >= 4 is 6.03 Å². The van der Waals surface area contributed by atoms with Crippen LogP contribution in [0.5, 0.6) is 0 Å². The molecule has 0 aromatic heterocycles. The number of hydrogen-bond acceptors (Lipinski definition) is 2. The highest BCUT2D eigenvalue weighted by atomic mass is 16.6. The normalized spacial score (nSPS) is 17.7. The lowest BCUT2D eigenvalue weighted by Gasteiger charge is -2.25. The number of hydroxylamine groups is 1. The molecule has 2 amide bonds. The van der Waals surface area contributed by atoms with Crippen molar-refractivity contribution in [3.8, 4) is 0 Å². The molecule has 1 saturated carbocycles. The van der Waals surface area contributed by atoms with Gasteiger partial charge in [0.1, 0.15) is 0 Å². The summed E-state index contributed by atoms with van der Waals surface area (Å²) in [5.41, 5.74) is 2.19. The second-order valence-electron chi connectivity index (χ2n) is 2.41. The van der Waals surface area contributed by atoms with E-state index in [1.807, 2.05) is 0 Å². The van der Waals surface area contributed by atoms with Gasteiger partial charge in [-0.3, -0.25) is 4.84 Å². The van der Waals surface area contributed by atoms with Crippen LogP contribution in [0.1, 0.15) is 19.3 Å². The maximum Gasteiger partial charge on any atom is 0.338 e. The summed E-state index contributed by atoms with van der Waals surface area (Å²) < 4.78 is 0. The van der Waals surface area contributed by atoms with Gasteiger partial charge in [-0.25, -0.2) is 10.3 Å². The zero-order valence-corrected chi connectivity index (χ0v) is 6.02. The second kappa shape index (κ2) is 3.41. The van der Waals surface area contributed by atoms with Crippen LogP contribution in [0.25, 0.3) is 0 Å². The first-order valence-electron chi connectivity index (χ1n) is 3.42. The summed E-state index contributed by atoms with van der Waals surface area (Å²) in [6, 6.07) is 0.127. The Hall–Kier alpha value is -0.770. The van der Waals surface area contributed by atoms with Crippen molar-refractivity contribution in [1.29, 1.82) is 0 Å². The third-order valence-corrected chi connectivity index (χ3v) is 1.64. The Balaban J connectivity index is 2.05. The third-order valence-electron chi connectivity index (χ3n) is 1.64. The van der Waals surface area contributed by atoms with E-state index in [1.54, 1.807) is 0 Å². The fourth-order valence-electron chi connectivity index (χ4n) is 0.860. The van der Waals surface area contributed by atoms with Gasteiger partial charge in [-0.15, -0.1) is 0 Å². The molecule has 10 heavy (non-hydrogen) atoms. The van der Waals surface area contributed by atoms with Crippen LogP contribution >= 0.6 is 0 Å². The number of hydrogen-bond donors (Lipinski definition) is 2. The molecule has 4 heteroatoms. The zero-order valence-electron chi connectivity index (χ0n) is 6.02. The molecule has 0 spiro atoms. The number of carbonyl (C=O) groups excluding carboxylic acids is 1. The maximum atomic E-state index is 10.7. The predicted molar refractivity (Wildman–Crippen MR) is 36.3 cm³/mol. The minimum atomic E-state index is -0.243. The van der Waals surface area contributed by atoms with E-state index < -0.39 is 0 Å². The van der Waals surface area contributed by atoms with Gasteiger partial charge in [-0.2, -0.15) is 0 Å². The molecule has 2 N–H and O–H groups in total. The van der Waals surface area contributed by atoms with Crippen molar-refractivity contribution in [3.63, 3.8) is 0 Å². The smallest absolute Gasteiger partial charge is 0.334 e. The Kier molecular flexibility index (Phi) is 2.50. The molecule has 0 radical (unpaired) electrons. The third kappa shape index (κ3) is 1.88. The van der Waals surface area contributed by atoms with Crippen LogP contribution in [0.15, 0.2) is 0 Å². The number of urea groups is 1. The van der Waals surface area contributed by atoms with Crippen LogP contribution in [0.4, 0.5) is 4.79 Å². The summed E-state index contributed by atoms with van der Waals surface area (Å²) in [4.78, 5) is 15.1. The molecule has 1 aliphatic rings. The van der Waals surface area contributed by atoms with Crippen molar-refractivity contribution in [2.75, 3.05) is 7.11 Å². The lowest BCUT2D eigenvalue weighted by Crippen LogP contribution is -2.44. The average Bonchev–Trinajstić information content (AvgIpc) is 1.80. The molecular formula is C6H12N2O2. The molecule has 0 aliphatic heterocycles. The van der Waals surface area contributed by atoms with E-state index >= 15 is 0 Å². The Morgan fingerprint density at radius 2 is 2.30 bits per heavy atom. The first-order chi connectivity index (χ1) is 4.83. The summed E-state index contributed by atoms with van der Waals surface area (Å²) in [5.74, 6) is 0. The lowest BCUT2D eigenvalue weighted by molar-refractivity contribution is 0.104. The number of rotatable bonds is 2. The van der Waals surface area contributed by atoms with Gasteiger partial charge in [0.05, 0.1) is 7.11 Å². The van der Waals surface area contributed by atoms with Crippen LogP contribution in [-0.4, -0.2) is 19.2 Å². The van der Waals surface area contributed by atoms with Crippen LogP contribution in [-0.2, 0) is 4.84 Å². The molecule has 0 bridgehead atoms. The maximum absolute atomic E-state index is 10.7.